The van der Waals surface area contributed by atoms with Gasteiger partial charge in [0.05, 0.1) is 24.5 Å². The van der Waals surface area contributed by atoms with Crippen LogP contribution in [0.15, 0.2) is 67.0 Å². The minimum Gasteiger partial charge on any atom is -0.494 e. The predicted molar refractivity (Wildman–Crippen MR) is 107 cm³/mol. The molecule has 3 aromatic rings. The molecule has 0 saturated heterocycles. The molecule has 1 heterocycles. The third kappa shape index (κ3) is 5.30. The number of carbonyl (C=O) groups is 1. The van der Waals surface area contributed by atoms with Crippen molar-refractivity contribution in [1.29, 1.82) is 0 Å². The van der Waals surface area contributed by atoms with E-state index in [-0.39, 0.29) is 5.91 Å². The molecule has 1 N–H and O–H groups in total. The predicted octanol–water partition coefficient (Wildman–Crippen LogP) is 3.63. The number of carbonyl (C=O) groups excluding carboxylic acids is 1. The molecule has 144 valence electrons. The van der Waals surface area contributed by atoms with E-state index < -0.39 is 6.10 Å². The Balaban J connectivity index is 1.55. The minimum absolute atomic E-state index is 0.214. The molecule has 0 aliphatic heterocycles. The van der Waals surface area contributed by atoms with Crippen LogP contribution in [-0.2, 0) is 11.3 Å². The van der Waals surface area contributed by atoms with E-state index in [4.69, 9.17) is 9.47 Å². The Kier molecular flexibility index (Phi) is 6.57. The third-order valence-corrected chi connectivity index (χ3v) is 4.05. The van der Waals surface area contributed by atoms with Crippen molar-refractivity contribution in [2.45, 2.75) is 26.5 Å². The zero-order valence-electron chi connectivity index (χ0n) is 16.0. The number of ether oxygens (including phenoxy) is 2. The fourth-order valence-corrected chi connectivity index (χ4v) is 2.62. The smallest absolute Gasteiger partial charge is 0.261 e. The maximum absolute atomic E-state index is 12.3. The second kappa shape index (κ2) is 9.50. The number of amides is 1. The van der Waals surface area contributed by atoms with Crippen molar-refractivity contribution >= 4 is 5.91 Å². The first-order chi connectivity index (χ1) is 13.7. The van der Waals surface area contributed by atoms with Crippen LogP contribution in [0.5, 0.6) is 11.5 Å². The van der Waals surface area contributed by atoms with E-state index >= 15 is 0 Å². The van der Waals surface area contributed by atoms with E-state index in [9.17, 15) is 4.79 Å². The van der Waals surface area contributed by atoms with E-state index in [2.05, 4.69) is 15.3 Å². The van der Waals surface area contributed by atoms with Gasteiger partial charge in [0.2, 0.25) is 0 Å². The van der Waals surface area contributed by atoms with Crippen LogP contribution in [0.1, 0.15) is 19.5 Å². The van der Waals surface area contributed by atoms with Crippen LogP contribution >= 0.6 is 0 Å². The number of rotatable bonds is 8. The van der Waals surface area contributed by atoms with Gasteiger partial charge in [-0.2, -0.15) is 0 Å². The molecular weight excluding hydrogens is 354 g/mol. The van der Waals surface area contributed by atoms with Gasteiger partial charge in [0.1, 0.15) is 17.8 Å². The average molecular weight is 377 g/mol. The van der Waals surface area contributed by atoms with Crippen molar-refractivity contribution in [1.82, 2.24) is 15.3 Å². The number of nitrogens with zero attached hydrogens (tertiary/aromatic N) is 2. The maximum atomic E-state index is 12.3. The zero-order valence-corrected chi connectivity index (χ0v) is 16.0. The van der Waals surface area contributed by atoms with Crippen LogP contribution in [0.2, 0.25) is 0 Å². The first kappa shape index (κ1) is 19.4. The van der Waals surface area contributed by atoms with E-state index in [1.54, 1.807) is 19.1 Å². The first-order valence-corrected chi connectivity index (χ1v) is 9.19. The van der Waals surface area contributed by atoms with E-state index in [1.807, 2.05) is 55.5 Å². The average Bonchev–Trinajstić information content (AvgIpc) is 2.74. The SMILES string of the molecule is CCOc1ccc(OC(C)C(=O)NCc2cc(-c3ccccc3)ncn2)cc1. The number of nitrogens with one attached hydrogen (secondary N) is 1. The van der Waals surface area contributed by atoms with Gasteiger partial charge in [-0.15, -0.1) is 0 Å². The number of hydrogen-bond donors (Lipinski definition) is 1. The highest BCUT2D eigenvalue weighted by atomic mass is 16.5. The molecule has 1 amide bonds. The van der Waals surface area contributed by atoms with E-state index in [0.717, 1.165) is 22.7 Å². The van der Waals surface area contributed by atoms with Crippen LogP contribution < -0.4 is 14.8 Å². The quantitative estimate of drug-likeness (QED) is 0.649. The van der Waals surface area contributed by atoms with Crippen LogP contribution in [0, 0.1) is 0 Å². The molecule has 0 radical (unpaired) electrons. The lowest BCUT2D eigenvalue weighted by atomic mass is 10.1. The number of aromatic nitrogens is 2. The minimum atomic E-state index is -0.631. The molecule has 0 aliphatic carbocycles. The summed E-state index contributed by atoms with van der Waals surface area (Å²) in [7, 11) is 0. The summed E-state index contributed by atoms with van der Waals surface area (Å²) in [4.78, 5) is 20.9. The Morgan fingerprint density at radius 1 is 1.04 bits per heavy atom. The largest absolute Gasteiger partial charge is 0.494 e. The summed E-state index contributed by atoms with van der Waals surface area (Å²) < 4.78 is 11.1. The first-order valence-electron chi connectivity index (χ1n) is 9.19. The van der Waals surface area contributed by atoms with Gasteiger partial charge >= 0.3 is 0 Å². The summed E-state index contributed by atoms with van der Waals surface area (Å²) in [6, 6.07) is 18.9. The molecule has 1 unspecified atom stereocenters. The van der Waals surface area contributed by atoms with Gasteiger partial charge in [-0.25, -0.2) is 9.97 Å². The molecule has 0 aliphatic rings. The summed E-state index contributed by atoms with van der Waals surface area (Å²) in [6.45, 7) is 4.55. The molecule has 0 saturated carbocycles. The highest BCUT2D eigenvalue weighted by Crippen LogP contribution is 2.19. The van der Waals surface area contributed by atoms with Crippen LogP contribution in [-0.4, -0.2) is 28.6 Å². The summed E-state index contributed by atoms with van der Waals surface area (Å²) in [5.74, 6) is 1.16. The molecule has 28 heavy (non-hydrogen) atoms. The van der Waals surface area contributed by atoms with Gasteiger partial charge in [-0.05, 0) is 44.2 Å². The molecule has 1 aromatic heterocycles. The monoisotopic (exact) mass is 377 g/mol. The number of hydrogen-bond acceptors (Lipinski definition) is 5. The van der Waals surface area contributed by atoms with Gasteiger partial charge in [-0.3, -0.25) is 4.79 Å². The highest BCUT2D eigenvalue weighted by molar-refractivity contribution is 5.80. The normalized spacial score (nSPS) is 11.5. The van der Waals surface area contributed by atoms with Gasteiger partial charge in [0.15, 0.2) is 6.10 Å². The summed E-state index contributed by atoms with van der Waals surface area (Å²) in [5.41, 5.74) is 2.55. The Morgan fingerprint density at radius 2 is 1.75 bits per heavy atom. The van der Waals surface area contributed by atoms with Crippen molar-refractivity contribution in [3.05, 3.63) is 72.7 Å². The Bertz CT molecular complexity index is 898. The van der Waals surface area contributed by atoms with E-state index in [1.165, 1.54) is 6.33 Å². The Morgan fingerprint density at radius 3 is 2.46 bits per heavy atom. The van der Waals surface area contributed by atoms with Gasteiger partial charge in [0.25, 0.3) is 5.91 Å². The van der Waals surface area contributed by atoms with E-state index in [0.29, 0.717) is 18.9 Å². The summed E-state index contributed by atoms with van der Waals surface area (Å²) >= 11 is 0. The lowest BCUT2D eigenvalue weighted by Crippen LogP contribution is -2.36. The fraction of sp³-hybridized carbons (Fsp3) is 0.227. The molecule has 3 rings (SSSR count). The molecule has 6 heteroatoms. The van der Waals surface area contributed by atoms with Crippen LogP contribution in [0.3, 0.4) is 0 Å². The van der Waals surface area contributed by atoms with Crippen molar-refractivity contribution in [2.75, 3.05) is 6.61 Å². The zero-order chi connectivity index (χ0) is 19.8. The van der Waals surface area contributed by atoms with Crippen LogP contribution in [0.25, 0.3) is 11.3 Å². The second-order valence-electron chi connectivity index (χ2n) is 6.14. The maximum Gasteiger partial charge on any atom is 0.261 e. The van der Waals surface area contributed by atoms with Crippen LogP contribution in [0.4, 0.5) is 0 Å². The molecule has 2 aromatic carbocycles. The fourth-order valence-electron chi connectivity index (χ4n) is 2.62. The van der Waals surface area contributed by atoms with Crippen molar-refractivity contribution < 1.29 is 14.3 Å². The Labute approximate surface area is 164 Å². The van der Waals surface area contributed by atoms with Gasteiger partial charge in [-0.1, -0.05) is 30.3 Å². The molecule has 0 bridgehead atoms. The molecule has 0 spiro atoms. The molecule has 6 nitrogen and oxygen atoms in total. The second-order valence-corrected chi connectivity index (χ2v) is 6.14. The number of benzene rings is 2. The lowest BCUT2D eigenvalue weighted by Gasteiger charge is -2.15. The molecule has 0 fully saturated rings. The molecular formula is C22H23N3O3. The summed E-state index contributed by atoms with van der Waals surface area (Å²) in [5, 5.41) is 2.85. The topological polar surface area (TPSA) is 73.3 Å². The standard InChI is InChI=1S/C22H23N3O3/c1-3-27-19-9-11-20(12-10-19)28-16(2)22(26)23-14-18-13-21(25-15-24-18)17-7-5-4-6-8-17/h4-13,15-16H,3,14H2,1-2H3,(H,23,26). The summed E-state index contributed by atoms with van der Waals surface area (Å²) in [6.07, 6.45) is 0.873. The van der Waals surface area contributed by atoms with Crippen molar-refractivity contribution in [3.8, 4) is 22.8 Å². The van der Waals surface area contributed by atoms with Gasteiger partial charge < -0.3 is 14.8 Å². The lowest BCUT2D eigenvalue weighted by molar-refractivity contribution is -0.127. The van der Waals surface area contributed by atoms with Crippen molar-refractivity contribution in [2.24, 2.45) is 0 Å². The van der Waals surface area contributed by atoms with Gasteiger partial charge in [0, 0.05) is 5.56 Å². The molecule has 1 atom stereocenters. The third-order valence-electron chi connectivity index (χ3n) is 4.05. The van der Waals surface area contributed by atoms with Crippen molar-refractivity contribution in [3.63, 3.8) is 0 Å². The highest BCUT2D eigenvalue weighted by Gasteiger charge is 2.15. The Hall–Kier alpha value is -3.41.